The van der Waals surface area contributed by atoms with Gasteiger partial charge in [-0.3, -0.25) is 0 Å². The molecule has 126 valence electrons. The summed E-state index contributed by atoms with van der Waals surface area (Å²) in [6.45, 7) is 0.954. The van der Waals surface area contributed by atoms with E-state index in [4.69, 9.17) is 14.2 Å². The Morgan fingerprint density at radius 3 is 2.79 bits per heavy atom. The van der Waals surface area contributed by atoms with Gasteiger partial charge in [-0.05, 0) is 33.6 Å². The lowest BCUT2D eigenvalue weighted by Gasteiger charge is -2.14. The first-order chi connectivity index (χ1) is 11.6. The van der Waals surface area contributed by atoms with Crippen LogP contribution in [0.5, 0.6) is 5.75 Å². The predicted molar refractivity (Wildman–Crippen MR) is 90.9 cm³/mol. The number of hydrogen-bond acceptors (Lipinski definition) is 5. The van der Waals surface area contributed by atoms with Crippen molar-refractivity contribution in [3.63, 3.8) is 0 Å². The second-order valence-corrected chi connectivity index (χ2v) is 6.34. The van der Waals surface area contributed by atoms with Crippen LogP contribution in [0.1, 0.15) is 21.5 Å². The minimum absolute atomic E-state index is 0.0707. The third-order valence-electron chi connectivity index (χ3n) is 3.59. The lowest BCUT2D eigenvalue weighted by atomic mass is 10.1. The molecule has 1 aliphatic heterocycles. The lowest BCUT2D eigenvalue weighted by molar-refractivity contribution is 0.00535. The third-order valence-corrected chi connectivity index (χ3v) is 4.21. The van der Waals surface area contributed by atoms with Crippen molar-refractivity contribution in [2.24, 2.45) is 0 Å². The van der Waals surface area contributed by atoms with Crippen molar-refractivity contribution >= 4 is 21.9 Å². The fraction of sp³-hybridized carbons (Fsp3) is 0.278. The molecule has 0 aromatic heterocycles. The Morgan fingerprint density at radius 2 is 2.00 bits per heavy atom. The van der Waals surface area contributed by atoms with Crippen LogP contribution in [0, 0.1) is 0 Å². The van der Waals surface area contributed by atoms with Gasteiger partial charge in [-0.2, -0.15) is 0 Å². The van der Waals surface area contributed by atoms with Crippen molar-refractivity contribution in [2.75, 3.05) is 13.2 Å². The van der Waals surface area contributed by atoms with Gasteiger partial charge in [0.1, 0.15) is 25.1 Å². The van der Waals surface area contributed by atoms with E-state index >= 15 is 0 Å². The second kappa shape index (κ2) is 7.79. The number of carbonyl (C=O) groups is 1. The molecule has 0 unspecified atom stereocenters. The number of fused-ring (bicyclic) bond motifs is 1. The third kappa shape index (κ3) is 4.14. The molecule has 24 heavy (non-hydrogen) atoms. The molecule has 2 aromatic carbocycles. The standard InChI is InChI=1S/C18H17BrO5/c19-16-6-13-9-24-18(21)15(13)7-17(16)23-11-14(20)10-22-8-12-4-2-1-3-5-12/h1-7,14,20H,8-11H2/t14-/m0/s1. The van der Waals surface area contributed by atoms with Crippen LogP contribution in [0.15, 0.2) is 46.9 Å². The summed E-state index contributed by atoms with van der Waals surface area (Å²) in [6, 6.07) is 13.2. The molecule has 1 N–H and O–H groups in total. The number of aliphatic hydroxyl groups excluding tert-OH is 1. The molecule has 0 saturated heterocycles. The Balaban J connectivity index is 1.49. The van der Waals surface area contributed by atoms with Gasteiger partial charge in [0.2, 0.25) is 0 Å². The Hall–Kier alpha value is -1.89. The van der Waals surface area contributed by atoms with Gasteiger partial charge in [0.15, 0.2) is 0 Å². The Bertz CT molecular complexity index is 717. The largest absolute Gasteiger partial charge is 0.490 e. The molecule has 2 aromatic rings. The molecule has 0 radical (unpaired) electrons. The smallest absolute Gasteiger partial charge is 0.339 e. The molecule has 1 atom stereocenters. The number of rotatable bonds is 7. The van der Waals surface area contributed by atoms with Crippen molar-refractivity contribution in [3.05, 3.63) is 63.6 Å². The number of halogens is 1. The summed E-state index contributed by atoms with van der Waals surface area (Å²) >= 11 is 3.40. The van der Waals surface area contributed by atoms with Crippen molar-refractivity contribution < 1.29 is 24.1 Å². The van der Waals surface area contributed by atoms with E-state index < -0.39 is 6.10 Å². The summed E-state index contributed by atoms with van der Waals surface area (Å²) in [5, 5.41) is 9.97. The normalized spacial score (nSPS) is 14.2. The first-order valence-electron chi connectivity index (χ1n) is 7.55. The van der Waals surface area contributed by atoms with Gasteiger partial charge in [-0.15, -0.1) is 0 Å². The highest BCUT2D eigenvalue weighted by atomic mass is 79.9. The van der Waals surface area contributed by atoms with Gasteiger partial charge in [-0.1, -0.05) is 30.3 Å². The zero-order valence-electron chi connectivity index (χ0n) is 12.9. The van der Waals surface area contributed by atoms with E-state index in [0.29, 0.717) is 17.9 Å². The Morgan fingerprint density at radius 1 is 1.21 bits per heavy atom. The van der Waals surface area contributed by atoms with Crippen LogP contribution in [0.3, 0.4) is 0 Å². The summed E-state index contributed by atoms with van der Waals surface area (Å²) in [7, 11) is 0. The van der Waals surface area contributed by atoms with Crippen molar-refractivity contribution in [1.29, 1.82) is 0 Å². The minimum Gasteiger partial charge on any atom is -0.490 e. The maximum Gasteiger partial charge on any atom is 0.339 e. The van der Waals surface area contributed by atoms with Crippen LogP contribution in [-0.2, 0) is 22.7 Å². The van der Waals surface area contributed by atoms with Crippen LogP contribution in [0.2, 0.25) is 0 Å². The quantitative estimate of drug-likeness (QED) is 0.733. The zero-order valence-corrected chi connectivity index (χ0v) is 14.5. The van der Waals surface area contributed by atoms with E-state index in [-0.39, 0.29) is 25.8 Å². The van der Waals surface area contributed by atoms with E-state index in [2.05, 4.69) is 15.9 Å². The highest BCUT2D eigenvalue weighted by molar-refractivity contribution is 9.10. The molecule has 1 aliphatic rings. The summed E-state index contributed by atoms with van der Waals surface area (Å²) in [4.78, 5) is 11.6. The van der Waals surface area contributed by atoms with Crippen molar-refractivity contribution in [3.8, 4) is 5.75 Å². The van der Waals surface area contributed by atoms with E-state index in [1.807, 2.05) is 30.3 Å². The number of carbonyl (C=O) groups excluding carboxylic acids is 1. The summed E-state index contributed by atoms with van der Waals surface area (Å²) < 4.78 is 16.8. The number of aliphatic hydroxyl groups is 1. The molecular weight excluding hydrogens is 376 g/mol. The van der Waals surface area contributed by atoms with Gasteiger partial charge in [0, 0.05) is 5.56 Å². The van der Waals surface area contributed by atoms with Crippen LogP contribution in [0.25, 0.3) is 0 Å². The molecule has 0 aliphatic carbocycles. The van der Waals surface area contributed by atoms with E-state index in [0.717, 1.165) is 15.6 Å². The second-order valence-electron chi connectivity index (χ2n) is 5.48. The highest BCUT2D eigenvalue weighted by Crippen LogP contribution is 2.32. The maximum atomic E-state index is 11.6. The van der Waals surface area contributed by atoms with Gasteiger partial charge in [0.25, 0.3) is 0 Å². The molecule has 0 spiro atoms. The monoisotopic (exact) mass is 392 g/mol. The first kappa shape index (κ1) is 17.0. The molecule has 3 rings (SSSR count). The number of benzene rings is 2. The van der Waals surface area contributed by atoms with E-state index in [1.54, 1.807) is 12.1 Å². The molecule has 0 fully saturated rings. The topological polar surface area (TPSA) is 65.0 Å². The van der Waals surface area contributed by atoms with Gasteiger partial charge < -0.3 is 19.3 Å². The lowest BCUT2D eigenvalue weighted by Crippen LogP contribution is -2.23. The van der Waals surface area contributed by atoms with E-state index in [1.165, 1.54) is 0 Å². The molecule has 6 heteroatoms. The molecule has 0 bridgehead atoms. The fourth-order valence-corrected chi connectivity index (χ4v) is 2.86. The molecule has 5 nitrogen and oxygen atoms in total. The first-order valence-corrected chi connectivity index (χ1v) is 8.35. The van der Waals surface area contributed by atoms with Gasteiger partial charge in [-0.25, -0.2) is 4.79 Å². The Labute approximate surface area is 148 Å². The van der Waals surface area contributed by atoms with E-state index in [9.17, 15) is 9.90 Å². The average molecular weight is 393 g/mol. The summed E-state index contributed by atoms with van der Waals surface area (Å²) in [6.07, 6.45) is -0.763. The predicted octanol–water partition coefficient (Wildman–Crippen LogP) is 3.08. The highest BCUT2D eigenvalue weighted by Gasteiger charge is 2.23. The van der Waals surface area contributed by atoms with Crippen LogP contribution in [0.4, 0.5) is 0 Å². The molecular formula is C18H17BrO5. The minimum atomic E-state index is -0.763. The van der Waals surface area contributed by atoms with Gasteiger partial charge >= 0.3 is 5.97 Å². The number of hydrogen-bond donors (Lipinski definition) is 1. The van der Waals surface area contributed by atoms with Crippen molar-refractivity contribution in [2.45, 2.75) is 19.3 Å². The SMILES string of the molecule is O=C1OCc2cc(Br)c(OC[C@@H](O)COCc3ccccc3)cc21. The fourth-order valence-electron chi connectivity index (χ4n) is 2.36. The average Bonchev–Trinajstić information content (AvgIpc) is 2.94. The zero-order chi connectivity index (χ0) is 16.9. The van der Waals surface area contributed by atoms with Crippen LogP contribution < -0.4 is 4.74 Å². The van der Waals surface area contributed by atoms with Crippen LogP contribution >= 0.6 is 15.9 Å². The molecule has 0 amide bonds. The molecule has 0 saturated carbocycles. The van der Waals surface area contributed by atoms with Gasteiger partial charge in [0.05, 0.1) is 23.2 Å². The molecule has 1 heterocycles. The number of esters is 1. The number of cyclic esters (lactones) is 1. The summed E-state index contributed by atoms with van der Waals surface area (Å²) in [5.74, 6) is 0.142. The Kier molecular flexibility index (Phi) is 5.50. The number of ether oxygens (including phenoxy) is 3. The van der Waals surface area contributed by atoms with Crippen LogP contribution in [-0.4, -0.2) is 30.4 Å². The van der Waals surface area contributed by atoms with Crippen molar-refractivity contribution in [1.82, 2.24) is 0 Å². The maximum absolute atomic E-state index is 11.6. The summed E-state index contributed by atoms with van der Waals surface area (Å²) in [5.41, 5.74) is 2.37.